The van der Waals surface area contributed by atoms with Gasteiger partial charge < -0.3 is 0 Å². The molecule has 1 aliphatic heterocycles. The molecule has 2 heteroatoms. The van der Waals surface area contributed by atoms with Crippen molar-refractivity contribution < 1.29 is 0 Å². The molecular formula is C9H18N2. The fourth-order valence-electron chi connectivity index (χ4n) is 2.41. The van der Waals surface area contributed by atoms with Crippen LogP contribution < -0.4 is 5.43 Å². The maximum Gasteiger partial charge on any atom is 0.0973 e. The normalized spacial score (nSPS) is 49.6. The van der Waals surface area contributed by atoms with Crippen LogP contribution in [-0.2, 0) is 0 Å². The number of nitrogens with one attached hydrogen (secondary N) is 1. The minimum Gasteiger partial charge on any atom is -0.232 e. The van der Waals surface area contributed by atoms with E-state index in [2.05, 4.69) is 24.4 Å². The largest absolute Gasteiger partial charge is 0.232 e. The van der Waals surface area contributed by atoms with E-state index in [0.717, 1.165) is 5.92 Å². The summed E-state index contributed by atoms with van der Waals surface area (Å²) in [5.41, 5.74) is 3.89. The van der Waals surface area contributed by atoms with E-state index in [1.165, 1.54) is 32.1 Å². The maximum absolute atomic E-state index is 3.44. The van der Waals surface area contributed by atoms with E-state index in [9.17, 15) is 0 Å². The van der Waals surface area contributed by atoms with Crippen molar-refractivity contribution in [2.45, 2.75) is 44.7 Å². The van der Waals surface area contributed by atoms with Crippen LogP contribution >= 0.6 is 0 Å². The Morgan fingerprint density at radius 2 is 2.36 bits per heavy atom. The highest BCUT2D eigenvalue weighted by Gasteiger charge is 2.50. The molecule has 0 aromatic carbocycles. The van der Waals surface area contributed by atoms with Crippen molar-refractivity contribution in [1.29, 1.82) is 0 Å². The molecule has 11 heavy (non-hydrogen) atoms. The molecule has 3 unspecified atom stereocenters. The van der Waals surface area contributed by atoms with Gasteiger partial charge in [0.05, 0.1) is 5.66 Å². The molecule has 0 bridgehead atoms. The van der Waals surface area contributed by atoms with Gasteiger partial charge in [0.15, 0.2) is 0 Å². The lowest BCUT2D eigenvalue weighted by Crippen LogP contribution is -2.27. The summed E-state index contributed by atoms with van der Waals surface area (Å²) in [6, 6.07) is 0. The third-order valence-electron chi connectivity index (χ3n) is 3.37. The Kier molecular flexibility index (Phi) is 1.69. The molecule has 0 amide bonds. The van der Waals surface area contributed by atoms with Gasteiger partial charge in [-0.15, -0.1) is 0 Å². The van der Waals surface area contributed by atoms with Gasteiger partial charge in [0, 0.05) is 7.05 Å². The second kappa shape index (κ2) is 2.46. The van der Waals surface area contributed by atoms with Crippen LogP contribution in [0.2, 0.25) is 0 Å². The first-order valence-electron chi connectivity index (χ1n) is 4.78. The lowest BCUT2D eigenvalue weighted by Gasteiger charge is -2.26. The molecule has 0 aromatic rings. The number of nitrogens with zero attached hydrogens (tertiary/aromatic N) is 1. The van der Waals surface area contributed by atoms with Gasteiger partial charge in [-0.05, 0) is 25.2 Å². The fraction of sp³-hybridized carbons (Fsp3) is 1.00. The second-order valence-electron chi connectivity index (χ2n) is 4.07. The topological polar surface area (TPSA) is 25.0 Å². The summed E-state index contributed by atoms with van der Waals surface area (Å²) in [5, 5.41) is 2.29. The zero-order valence-corrected chi connectivity index (χ0v) is 7.56. The van der Waals surface area contributed by atoms with Crippen LogP contribution in [0.3, 0.4) is 0 Å². The number of rotatable bonds is 1. The molecule has 1 spiro atoms. The van der Waals surface area contributed by atoms with Crippen molar-refractivity contribution in [2.24, 2.45) is 5.92 Å². The SMILES string of the molecule is CCC1CCCC2(C1)NN2C. The third kappa shape index (κ3) is 1.18. The zero-order chi connectivity index (χ0) is 7.90. The number of hydrogen-bond acceptors (Lipinski definition) is 2. The molecule has 1 N–H and O–H groups in total. The molecule has 1 saturated carbocycles. The molecule has 0 aromatic heterocycles. The van der Waals surface area contributed by atoms with Gasteiger partial charge in [0.25, 0.3) is 0 Å². The van der Waals surface area contributed by atoms with Crippen molar-refractivity contribution in [3.8, 4) is 0 Å². The van der Waals surface area contributed by atoms with Crippen LogP contribution in [0.4, 0.5) is 0 Å². The van der Waals surface area contributed by atoms with Gasteiger partial charge in [-0.2, -0.15) is 0 Å². The van der Waals surface area contributed by atoms with Gasteiger partial charge in [0.1, 0.15) is 0 Å². The molecule has 64 valence electrons. The first kappa shape index (κ1) is 7.56. The summed E-state index contributed by atoms with van der Waals surface area (Å²) in [4.78, 5) is 0. The first-order chi connectivity index (χ1) is 5.27. The Morgan fingerprint density at radius 1 is 1.64 bits per heavy atom. The highest BCUT2D eigenvalue weighted by molar-refractivity contribution is 4.99. The monoisotopic (exact) mass is 154 g/mol. The predicted octanol–water partition coefficient (Wildman–Crippen LogP) is 1.73. The average molecular weight is 154 g/mol. The van der Waals surface area contributed by atoms with Crippen molar-refractivity contribution in [3.05, 3.63) is 0 Å². The van der Waals surface area contributed by atoms with Crippen LogP contribution in [0.15, 0.2) is 0 Å². The van der Waals surface area contributed by atoms with Crippen molar-refractivity contribution in [3.63, 3.8) is 0 Å². The number of hydrazine groups is 1. The number of hydrogen-bond donors (Lipinski definition) is 1. The molecule has 2 fully saturated rings. The average Bonchev–Trinajstić information content (AvgIpc) is 2.61. The van der Waals surface area contributed by atoms with Crippen molar-refractivity contribution in [1.82, 2.24) is 10.4 Å². The van der Waals surface area contributed by atoms with Crippen LogP contribution in [0.5, 0.6) is 0 Å². The molecular weight excluding hydrogens is 136 g/mol. The molecule has 3 atom stereocenters. The first-order valence-corrected chi connectivity index (χ1v) is 4.78. The minimum absolute atomic E-state index is 0.443. The van der Waals surface area contributed by atoms with Gasteiger partial charge >= 0.3 is 0 Å². The van der Waals surface area contributed by atoms with Crippen molar-refractivity contribution in [2.75, 3.05) is 7.05 Å². The highest BCUT2D eigenvalue weighted by atomic mass is 15.8. The Balaban J connectivity index is 1.94. The van der Waals surface area contributed by atoms with E-state index in [1.807, 2.05) is 0 Å². The van der Waals surface area contributed by atoms with E-state index in [1.54, 1.807) is 0 Å². The van der Waals surface area contributed by atoms with Gasteiger partial charge in [-0.25, -0.2) is 10.4 Å². The van der Waals surface area contributed by atoms with Crippen LogP contribution in [0.1, 0.15) is 39.0 Å². The highest BCUT2D eigenvalue weighted by Crippen LogP contribution is 2.41. The summed E-state index contributed by atoms with van der Waals surface area (Å²) >= 11 is 0. The van der Waals surface area contributed by atoms with Crippen molar-refractivity contribution >= 4 is 0 Å². The minimum atomic E-state index is 0.443. The lowest BCUT2D eigenvalue weighted by atomic mass is 9.82. The standard InChI is InChI=1S/C9H18N2/c1-3-8-5-4-6-9(7-8)10-11(9)2/h8,10H,3-7H2,1-2H3. The Labute approximate surface area is 68.9 Å². The fourth-order valence-corrected chi connectivity index (χ4v) is 2.41. The Bertz CT molecular complexity index is 158. The summed E-state index contributed by atoms with van der Waals surface area (Å²) in [6.45, 7) is 2.31. The van der Waals surface area contributed by atoms with Gasteiger partial charge in [-0.3, -0.25) is 0 Å². The Hall–Kier alpha value is -0.0800. The van der Waals surface area contributed by atoms with E-state index < -0.39 is 0 Å². The van der Waals surface area contributed by atoms with E-state index in [4.69, 9.17) is 0 Å². The van der Waals surface area contributed by atoms with Crippen LogP contribution in [0.25, 0.3) is 0 Å². The van der Waals surface area contributed by atoms with Gasteiger partial charge in [0.2, 0.25) is 0 Å². The molecule has 1 saturated heterocycles. The predicted molar refractivity (Wildman–Crippen MR) is 45.9 cm³/mol. The summed E-state index contributed by atoms with van der Waals surface area (Å²) < 4.78 is 0. The van der Waals surface area contributed by atoms with E-state index in [0.29, 0.717) is 5.66 Å². The summed E-state index contributed by atoms with van der Waals surface area (Å²) in [6.07, 6.45) is 6.96. The maximum atomic E-state index is 3.44. The molecule has 2 rings (SSSR count). The molecule has 2 aliphatic rings. The summed E-state index contributed by atoms with van der Waals surface area (Å²) in [5.74, 6) is 0.973. The van der Waals surface area contributed by atoms with E-state index in [-0.39, 0.29) is 0 Å². The second-order valence-corrected chi connectivity index (χ2v) is 4.07. The van der Waals surface area contributed by atoms with Crippen LogP contribution in [-0.4, -0.2) is 17.7 Å². The van der Waals surface area contributed by atoms with E-state index >= 15 is 0 Å². The van der Waals surface area contributed by atoms with Gasteiger partial charge in [-0.1, -0.05) is 19.8 Å². The molecule has 1 aliphatic carbocycles. The molecule has 1 heterocycles. The third-order valence-corrected chi connectivity index (χ3v) is 3.37. The molecule has 2 nitrogen and oxygen atoms in total. The quantitative estimate of drug-likeness (QED) is 0.582. The lowest BCUT2D eigenvalue weighted by molar-refractivity contribution is 0.253. The smallest absolute Gasteiger partial charge is 0.0973 e. The Morgan fingerprint density at radius 3 is 2.91 bits per heavy atom. The zero-order valence-electron chi connectivity index (χ0n) is 7.56. The molecule has 0 radical (unpaired) electrons. The van der Waals surface area contributed by atoms with Crippen LogP contribution in [0, 0.1) is 5.92 Å². The summed E-state index contributed by atoms with van der Waals surface area (Å²) in [7, 11) is 2.16.